The summed E-state index contributed by atoms with van der Waals surface area (Å²) in [4.78, 5) is 36.3. The van der Waals surface area contributed by atoms with Crippen LogP contribution in [0.4, 0.5) is 10.1 Å². The Morgan fingerprint density at radius 3 is 2.38 bits per heavy atom. The minimum absolute atomic E-state index is 0.0432. The first-order valence-corrected chi connectivity index (χ1v) is 10.2. The lowest BCUT2D eigenvalue weighted by Gasteiger charge is -2.11. The van der Waals surface area contributed by atoms with Gasteiger partial charge in [-0.05, 0) is 42.5 Å². The number of ether oxygens (including phenoxy) is 2. The Kier molecular flexibility index (Phi) is 7.21. The topological polar surface area (TPSA) is 112 Å². The number of hydrogen-bond donors (Lipinski definition) is 1. The summed E-state index contributed by atoms with van der Waals surface area (Å²) < 4.78 is 24.2. The number of esters is 2. The van der Waals surface area contributed by atoms with Gasteiger partial charge in [0.2, 0.25) is 5.91 Å². The third kappa shape index (κ3) is 5.11. The molecule has 0 aliphatic heterocycles. The van der Waals surface area contributed by atoms with Crippen molar-refractivity contribution in [3.63, 3.8) is 0 Å². The van der Waals surface area contributed by atoms with Crippen molar-refractivity contribution in [2.75, 3.05) is 25.3 Å². The van der Waals surface area contributed by atoms with Gasteiger partial charge in [0.15, 0.2) is 11.0 Å². The number of carbonyl (C=O) groups is 3. The number of amides is 1. The minimum Gasteiger partial charge on any atom is -0.465 e. The van der Waals surface area contributed by atoms with Crippen molar-refractivity contribution in [1.29, 1.82) is 0 Å². The number of aromatic nitrogens is 3. The summed E-state index contributed by atoms with van der Waals surface area (Å²) in [7, 11) is 4.17. The van der Waals surface area contributed by atoms with Crippen molar-refractivity contribution in [3.05, 3.63) is 59.4 Å². The van der Waals surface area contributed by atoms with E-state index in [9.17, 15) is 18.8 Å². The van der Waals surface area contributed by atoms with Crippen LogP contribution in [-0.2, 0) is 21.3 Å². The fourth-order valence-electron chi connectivity index (χ4n) is 2.79. The van der Waals surface area contributed by atoms with Crippen molar-refractivity contribution in [2.24, 2.45) is 7.05 Å². The molecule has 1 heterocycles. The van der Waals surface area contributed by atoms with Gasteiger partial charge < -0.3 is 19.4 Å². The summed E-state index contributed by atoms with van der Waals surface area (Å²) in [5.74, 6) is -1.59. The van der Waals surface area contributed by atoms with Gasteiger partial charge in [-0.15, -0.1) is 10.2 Å². The highest BCUT2D eigenvalue weighted by molar-refractivity contribution is 7.99. The number of nitrogens with one attached hydrogen (secondary N) is 1. The van der Waals surface area contributed by atoms with Gasteiger partial charge in [-0.2, -0.15) is 0 Å². The van der Waals surface area contributed by atoms with E-state index in [0.717, 1.165) is 11.8 Å². The molecule has 0 saturated heterocycles. The second-order valence-electron chi connectivity index (χ2n) is 6.45. The molecule has 3 aromatic rings. The zero-order valence-electron chi connectivity index (χ0n) is 17.4. The molecule has 0 atom stereocenters. The summed E-state index contributed by atoms with van der Waals surface area (Å²) in [6.07, 6.45) is 0. The van der Waals surface area contributed by atoms with Crippen LogP contribution in [0.1, 0.15) is 20.7 Å². The van der Waals surface area contributed by atoms with E-state index >= 15 is 0 Å². The number of thioether (sulfide) groups is 1. The zero-order chi connectivity index (χ0) is 23.3. The molecule has 0 fully saturated rings. The second-order valence-corrected chi connectivity index (χ2v) is 7.39. The van der Waals surface area contributed by atoms with Crippen molar-refractivity contribution in [3.8, 4) is 11.4 Å². The van der Waals surface area contributed by atoms with Gasteiger partial charge in [0.05, 0.1) is 36.8 Å². The van der Waals surface area contributed by atoms with Crippen LogP contribution in [-0.4, -0.2) is 52.6 Å². The van der Waals surface area contributed by atoms with E-state index in [4.69, 9.17) is 4.74 Å². The van der Waals surface area contributed by atoms with Gasteiger partial charge in [0.1, 0.15) is 5.82 Å². The second kappa shape index (κ2) is 10.1. The monoisotopic (exact) mass is 458 g/mol. The first-order valence-electron chi connectivity index (χ1n) is 9.22. The number of anilines is 1. The predicted octanol–water partition coefficient (Wildman–Crippen LogP) is 2.93. The first kappa shape index (κ1) is 22.9. The third-order valence-electron chi connectivity index (χ3n) is 4.39. The van der Waals surface area contributed by atoms with Crippen LogP contribution in [0.15, 0.2) is 47.6 Å². The molecule has 0 saturated carbocycles. The van der Waals surface area contributed by atoms with Crippen LogP contribution in [0.3, 0.4) is 0 Å². The predicted molar refractivity (Wildman–Crippen MR) is 115 cm³/mol. The largest absolute Gasteiger partial charge is 0.465 e. The Labute approximate surface area is 186 Å². The molecule has 0 radical (unpaired) electrons. The average Bonchev–Trinajstić information content (AvgIpc) is 3.17. The van der Waals surface area contributed by atoms with Gasteiger partial charge in [-0.25, -0.2) is 14.0 Å². The maximum absolute atomic E-state index is 13.1. The lowest BCUT2D eigenvalue weighted by molar-refractivity contribution is -0.113. The van der Waals surface area contributed by atoms with Crippen molar-refractivity contribution in [2.45, 2.75) is 5.16 Å². The van der Waals surface area contributed by atoms with Crippen molar-refractivity contribution in [1.82, 2.24) is 14.8 Å². The van der Waals surface area contributed by atoms with Gasteiger partial charge in [0.25, 0.3) is 0 Å². The number of hydrogen-bond acceptors (Lipinski definition) is 8. The Bertz CT molecular complexity index is 1160. The molecule has 2 aromatic carbocycles. The maximum atomic E-state index is 13.1. The summed E-state index contributed by atoms with van der Waals surface area (Å²) in [5.41, 5.74) is 1.06. The van der Waals surface area contributed by atoms with Crippen molar-refractivity contribution < 1.29 is 28.2 Å². The highest BCUT2D eigenvalue weighted by Crippen LogP contribution is 2.24. The van der Waals surface area contributed by atoms with Gasteiger partial charge >= 0.3 is 11.9 Å². The fraction of sp³-hybridized carbons (Fsp3) is 0.190. The fourth-order valence-corrected chi connectivity index (χ4v) is 3.50. The molecule has 0 spiro atoms. The van der Waals surface area contributed by atoms with E-state index in [1.165, 1.54) is 44.6 Å². The van der Waals surface area contributed by atoms with Crippen LogP contribution < -0.4 is 5.32 Å². The number of benzene rings is 2. The Morgan fingerprint density at radius 2 is 1.72 bits per heavy atom. The van der Waals surface area contributed by atoms with E-state index in [1.807, 2.05) is 0 Å². The van der Waals surface area contributed by atoms with Gasteiger partial charge in [-0.1, -0.05) is 11.8 Å². The molecule has 1 amide bonds. The molecular formula is C21H19FN4O5S. The lowest BCUT2D eigenvalue weighted by atomic mass is 10.1. The molecule has 11 heteroatoms. The number of carbonyl (C=O) groups excluding carboxylic acids is 3. The molecule has 0 unspecified atom stereocenters. The van der Waals surface area contributed by atoms with Crippen LogP contribution in [0.25, 0.3) is 11.4 Å². The van der Waals surface area contributed by atoms with Crippen molar-refractivity contribution >= 4 is 35.3 Å². The molecule has 0 aliphatic rings. The molecule has 166 valence electrons. The van der Waals surface area contributed by atoms with Crippen LogP contribution >= 0.6 is 11.8 Å². The molecule has 1 N–H and O–H groups in total. The number of nitrogens with zero attached hydrogens (tertiary/aromatic N) is 3. The van der Waals surface area contributed by atoms with Crippen LogP contribution in [0.2, 0.25) is 0 Å². The summed E-state index contributed by atoms with van der Waals surface area (Å²) >= 11 is 1.12. The number of halogens is 1. The molecule has 0 aliphatic carbocycles. The van der Waals surface area contributed by atoms with Gasteiger partial charge in [0, 0.05) is 12.6 Å². The SMILES string of the molecule is COC(=O)c1ccc(C(=O)OC)c(NC(=O)CSc2nnc(-c3ccc(F)cc3)n2C)c1. The minimum atomic E-state index is -0.665. The smallest absolute Gasteiger partial charge is 0.339 e. The van der Waals surface area contributed by atoms with E-state index in [0.29, 0.717) is 16.5 Å². The molecule has 3 rings (SSSR count). The maximum Gasteiger partial charge on any atom is 0.339 e. The van der Waals surface area contributed by atoms with Crippen LogP contribution in [0.5, 0.6) is 0 Å². The molecule has 0 bridgehead atoms. The highest BCUT2D eigenvalue weighted by Gasteiger charge is 2.18. The zero-order valence-corrected chi connectivity index (χ0v) is 18.2. The summed E-state index contributed by atoms with van der Waals surface area (Å²) in [6, 6.07) is 9.94. The van der Waals surface area contributed by atoms with Gasteiger partial charge in [-0.3, -0.25) is 4.79 Å². The highest BCUT2D eigenvalue weighted by atomic mass is 32.2. The molecular weight excluding hydrogens is 439 g/mol. The molecule has 32 heavy (non-hydrogen) atoms. The number of methoxy groups -OCH3 is 2. The molecule has 9 nitrogen and oxygen atoms in total. The first-order chi connectivity index (χ1) is 15.3. The Balaban J connectivity index is 1.73. The Hall–Kier alpha value is -3.73. The van der Waals surface area contributed by atoms with E-state index in [-0.39, 0.29) is 28.4 Å². The Morgan fingerprint density at radius 1 is 1.03 bits per heavy atom. The quantitative estimate of drug-likeness (QED) is 0.425. The van der Waals surface area contributed by atoms with E-state index in [1.54, 1.807) is 23.7 Å². The summed E-state index contributed by atoms with van der Waals surface area (Å²) in [6.45, 7) is 0. The number of rotatable bonds is 7. The van der Waals surface area contributed by atoms with E-state index < -0.39 is 17.8 Å². The van der Waals surface area contributed by atoms with Crippen LogP contribution in [0, 0.1) is 5.82 Å². The third-order valence-corrected chi connectivity index (χ3v) is 5.41. The average molecular weight is 458 g/mol. The molecule has 1 aromatic heterocycles. The lowest BCUT2D eigenvalue weighted by Crippen LogP contribution is -2.18. The standard InChI is InChI=1S/C21H19FN4O5S/c1-26-18(12-4-7-14(22)8-5-12)24-25-21(26)32-11-17(27)23-16-10-13(19(28)30-2)6-9-15(16)20(29)31-3/h4-10H,11H2,1-3H3,(H,23,27). The summed E-state index contributed by atoms with van der Waals surface area (Å²) in [5, 5.41) is 11.2. The normalized spacial score (nSPS) is 10.5. The van der Waals surface area contributed by atoms with E-state index in [2.05, 4.69) is 20.3 Å².